The van der Waals surface area contributed by atoms with Crippen molar-refractivity contribution in [2.45, 2.75) is 39.2 Å². The Balaban J connectivity index is 2.41. The molecule has 0 aliphatic rings. The molecule has 6 heteroatoms. The SMILES string of the molecule is COc1cc(C(C)=O)ccc1OCCCC(=O)NCC(C)(C)N. The maximum Gasteiger partial charge on any atom is 0.220 e. The molecule has 0 radical (unpaired) electrons. The number of carbonyl (C=O) groups is 2. The summed E-state index contributed by atoms with van der Waals surface area (Å²) in [6.45, 7) is 6.03. The molecule has 1 aromatic rings. The molecule has 0 saturated carbocycles. The third-order valence-corrected chi connectivity index (χ3v) is 3.12. The van der Waals surface area contributed by atoms with E-state index in [9.17, 15) is 9.59 Å². The quantitative estimate of drug-likeness (QED) is 0.535. The number of amides is 1. The summed E-state index contributed by atoms with van der Waals surface area (Å²) in [4.78, 5) is 23.0. The summed E-state index contributed by atoms with van der Waals surface area (Å²) in [6, 6.07) is 5.04. The average Bonchev–Trinajstić information content (AvgIpc) is 2.48. The number of hydrogen-bond donors (Lipinski definition) is 2. The predicted molar refractivity (Wildman–Crippen MR) is 89.0 cm³/mol. The zero-order valence-electron chi connectivity index (χ0n) is 14.3. The molecular weight excluding hydrogens is 296 g/mol. The molecule has 1 aromatic carbocycles. The summed E-state index contributed by atoms with van der Waals surface area (Å²) < 4.78 is 10.8. The van der Waals surface area contributed by atoms with Crippen LogP contribution in [0.1, 0.15) is 44.0 Å². The van der Waals surface area contributed by atoms with Gasteiger partial charge in [0.1, 0.15) is 0 Å². The van der Waals surface area contributed by atoms with Gasteiger partial charge in [-0.2, -0.15) is 0 Å². The second-order valence-electron chi connectivity index (χ2n) is 6.14. The first kappa shape index (κ1) is 19.0. The van der Waals surface area contributed by atoms with Crippen molar-refractivity contribution in [3.63, 3.8) is 0 Å². The van der Waals surface area contributed by atoms with E-state index in [0.717, 1.165) is 0 Å². The van der Waals surface area contributed by atoms with Crippen LogP contribution in [0, 0.1) is 0 Å². The molecule has 0 aromatic heterocycles. The highest BCUT2D eigenvalue weighted by Crippen LogP contribution is 2.28. The Morgan fingerprint density at radius 2 is 1.96 bits per heavy atom. The van der Waals surface area contributed by atoms with Gasteiger partial charge >= 0.3 is 0 Å². The minimum atomic E-state index is -0.419. The van der Waals surface area contributed by atoms with Gasteiger partial charge in [0, 0.05) is 24.1 Å². The third-order valence-electron chi connectivity index (χ3n) is 3.12. The maximum atomic E-state index is 11.7. The van der Waals surface area contributed by atoms with Crippen molar-refractivity contribution in [3.05, 3.63) is 23.8 Å². The fourth-order valence-corrected chi connectivity index (χ4v) is 1.84. The van der Waals surface area contributed by atoms with Crippen molar-refractivity contribution < 1.29 is 19.1 Å². The minimum Gasteiger partial charge on any atom is -0.493 e. The molecule has 0 bridgehead atoms. The Kier molecular flexibility index (Phi) is 7.03. The molecular formula is C17H26N2O4. The Bertz CT molecular complexity index is 550. The van der Waals surface area contributed by atoms with Gasteiger partial charge in [-0.15, -0.1) is 0 Å². The molecule has 1 amide bonds. The highest BCUT2D eigenvalue weighted by Gasteiger charge is 2.12. The van der Waals surface area contributed by atoms with E-state index < -0.39 is 5.54 Å². The van der Waals surface area contributed by atoms with Gasteiger partial charge in [0.25, 0.3) is 0 Å². The van der Waals surface area contributed by atoms with Crippen molar-refractivity contribution in [2.24, 2.45) is 5.73 Å². The van der Waals surface area contributed by atoms with Gasteiger partial charge in [-0.05, 0) is 45.4 Å². The highest BCUT2D eigenvalue weighted by atomic mass is 16.5. The van der Waals surface area contributed by atoms with Gasteiger partial charge in [-0.1, -0.05) is 0 Å². The van der Waals surface area contributed by atoms with E-state index >= 15 is 0 Å². The lowest BCUT2D eigenvalue weighted by Gasteiger charge is -2.18. The van der Waals surface area contributed by atoms with Crippen LogP contribution >= 0.6 is 0 Å². The monoisotopic (exact) mass is 322 g/mol. The number of rotatable bonds is 9. The van der Waals surface area contributed by atoms with E-state index in [2.05, 4.69) is 5.32 Å². The molecule has 3 N–H and O–H groups in total. The Morgan fingerprint density at radius 3 is 2.52 bits per heavy atom. The first-order chi connectivity index (χ1) is 10.7. The maximum absolute atomic E-state index is 11.7. The molecule has 6 nitrogen and oxygen atoms in total. The molecule has 0 aliphatic heterocycles. The van der Waals surface area contributed by atoms with Crippen LogP contribution in [0.15, 0.2) is 18.2 Å². The second-order valence-corrected chi connectivity index (χ2v) is 6.14. The number of ketones is 1. The number of nitrogens with one attached hydrogen (secondary N) is 1. The van der Waals surface area contributed by atoms with Crippen molar-refractivity contribution in [2.75, 3.05) is 20.3 Å². The fourth-order valence-electron chi connectivity index (χ4n) is 1.84. The van der Waals surface area contributed by atoms with Gasteiger partial charge in [0.05, 0.1) is 13.7 Å². The van der Waals surface area contributed by atoms with E-state index in [1.165, 1.54) is 14.0 Å². The molecule has 0 spiro atoms. The number of ether oxygens (including phenoxy) is 2. The zero-order chi connectivity index (χ0) is 17.5. The predicted octanol–water partition coefficient (Wildman–Crippen LogP) is 1.91. The van der Waals surface area contributed by atoms with E-state index in [0.29, 0.717) is 43.1 Å². The summed E-state index contributed by atoms with van der Waals surface area (Å²) in [5.74, 6) is 0.980. The van der Waals surface area contributed by atoms with E-state index in [1.54, 1.807) is 18.2 Å². The van der Waals surface area contributed by atoms with Crippen molar-refractivity contribution in [1.29, 1.82) is 0 Å². The molecule has 0 unspecified atom stereocenters. The molecule has 0 aliphatic carbocycles. The molecule has 0 saturated heterocycles. The lowest BCUT2D eigenvalue weighted by molar-refractivity contribution is -0.121. The lowest BCUT2D eigenvalue weighted by Crippen LogP contribution is -2.45. The summed E-state index contributed by atoms with van der Waals surface area (Å²) in [7, 11) is 1.52. The number of methoxy groups -OCH3 is 1. The van der Waals surface area contributed by atoms with E-state index in [-0.39, 0.29) is 11.7 Å². The first-order valence-electron chi connectivity index (χ1n) is 7.60. The second kappa shape index (κ2) is 8.53. The Labute approximate surface area is 137 Å². The largest absolute Gasteiger partial charge is 0.493 e. The highest BCUT2D eigenvalue weighted by molar-refractivity contribution is 5.94. The molecule has 128 valence electrons. The van der Waals surface area contributed by atoms with Crippen molar-refractivity contribution in [1.82, 2.24) is 5.32 Å². The van der Waals surface area contributed by atoms with E-state index in [1.807, 2.05) is 13.8 Å². The third kappa shape index (κ3) is 7.15. The zero-order valence-corrected chi connectivity index (χ0v) is 14.3. The van der Waals surface area contributed by atoms with Gasteiger partial charge in [-0.25, -0.2) is 0 Å². The van der Waals surface area contributed by atoms with Crippen LogP contribution in [-0.2, 0) is 4.79 Å². The normalized spacial score (nSPS) is 11.0. The number of hydrogen-bond acceptors (Lipinski definition) is 5. The van der Waals surface area contributed by atoms with Crippen molar-refractivity contribution in [3.8, 4) is 11.5 Å². The van der Waals surface area contributed by atoms with Crippen molar-refractivity contribution >= 4 is 11.7 Å². The lowest BCUT2D eigenvalue weighted by atomic mass is 10.1. The minimum absolute atomic E-state index is 0.0330. The molecule has 0 fully saturated rings. The Hall–Kier alpha value is -2.08. The van der Waals surface area contributed by atoms with Crippen LogP contribution in [0.2, 0.25) is 0 Å². The average molecular weight is 322 g/mol. The van der Waals surface area contributed by atoms with Crippen LogP contribution in [0.5, 0.6) is 11.5 Å². The van der Waals surface area contributed by atoms with Crippen LogP contribution < -0.4 is 20.5 Å². The molecule has 23 heavy (non-hydrogen) atoms. The van der Waals surface area contributed by atoms with Gasteiger partial charge in [0.15, 0.2) is 17.3 Å². The first-order valence-corrected chi connectivity index (χ1v) is 7.60. The number of benzene rings is 1. The fraction of sp³-hybridized carbons (Fsp3) is 0.529. The van der Waals surface area contributed by atoms with Crippen LogP contribution in [0.3, 0.4) is 0 Å². The smallest absolute Gasteiger partial charge is 0.220 e. The topological polar surface area (TPSA) is 90.6 Å². The standard InChI is InChI=1S/C17H26N2O4/c1-12(20)13-7-8-14(15(10-13)22-4)23-9-5-6-16(21)19-11-17(2,3)18/h7-8,10H,5-6,9,11,18H2,1-4H3,(H,19,21). The summed E-state index contributed by atoms with van der Waals surface area (Å²) >= 11 is 0. The molecule has 0 atom stereocenters. The van der Waals surface area contributed by atoms with Gasteiger partial charge in [-0.3, -0.25) is 9.59 Å². The number of Topliss-reactive ketones (excluding diaryl/α,β-unsaturated/α-hetero) is 1. The van der Waals surface area contributed by atoms with E-state index in [4.69, 9.17) is 15.2 Å². The van der Waals surface area contributed by atoms with Crippen LogP contribution in [0.25, 0.3) is 0 Å². The summed E-state index contributed by atoms with van der Waals surface area (Å²) in [5, 5.41) is 2.78. The molecule has 1 rings (SSSR count). The van der Waals surface area contributed by atoms with Crippen LogP contribution in [-0.4, -0.2) is 37.5 Å². The number of carbonyl (C=O) groups excluding carboxylic acids is 2. The Morgan fingerprint density at radius 1 is 1.26 bits per heavy atom. The van der Waals surface area contributed by atoms with Gasteiger partial charge < -0.3 is 20.5 Å². The number of nitrogens with two attached hydrogens (primary N) is 1. The summed E-state index contributed by atoms with van der Waals surface area (Å²) in [6.07, 6.45) is 0.943. The molecule has 0 heterocycles. The summed E-state index contributed by atoms with van der Waals surface area (Å²) in [5.41, 5.74) is 5.95. The van der Waals surface area contributed by atoms with Crippen LogP contribution in [0.4, 0.5) is 0 Å². The van der Waals surface area contributed by atoms with Gasteiger partial charge in [0.2, 0.25) is 5.91 Å².